The first-order chi connectivity index (χ1) is 14.2. The van der Waals surface area contributed by atoms with Crippen molar-refractivity contribution in [3.8, 4) is 5.75 Å². The van der Waals surface area contributed by atoms with E-state index < -0.39 is 12.1 Å². The fourth-order valence-corrected chi connectivity index (χ4v) is 3.47. The molecule has 0 saturated carbocycles. The van der Waals surface area contributed by atoms with Gasteiger partial charge in [-0.2, -0.15) is 0 Å². The fourth-order valence-electron chi connectivity index (χ4n) is 3.47. The largest absolute Gasteiger partial charge is 0.497 e. The summed E-state index contributed by atoms with van der Waals surface area (Å²) in [6, 6.07) is 6.08. The summed E-state index contributed by atoms with van der Waals surface area (Å²) < 4.78 is 5.18. The molecule has 1 fully saturated rings. The third-order valence-electron chi connectivity index (χ3n) is 5.02. The Kier molecular flexibility index (Phi) is 8.20. The van der Waals surface area contributed by atoms with Crippen LogP contribution in [0, 0.1) is 0 Å². The van der Waals surface area contributed by atoms with Crippen molar-refractivity contribution >= 4 is 23.6 Å². The lowest BCUT2D eigenvalue weighted by Crippen LogP contribution is -2.53. The van der Waals surface area contributed by atoms with Gasteiger partial charge < -0.3 is 25.2 Å². The van der Waals surface area contributed by atoms with E-state index in [0.29, 0.717) is 31.7 Å². The predicted molar refractivity (Wildman–Crippen MR) is 110 cm³/mol. The van der Waals surface area contributed by atoms with Gasteiger partial charge in [-0.05, 0) is 37.5 Å². The molecule has 4 amide bonds. The average molecular weight is 418 g/mol. The van der Waals surface area contributed by atoms with E-state index in [1.54, 1.807) is 21.1 Å². The summed E-state index contributed by atoms with van der Waals surface area (Å²) in [5, 5.41) is 5.19. The normalized spacial score (nSPS) is 16.5. The van der Waals surface area contributed by atoms with E-state index in [2.05, 4.69) is 10.6 Å². The molecule has 1 saturated heterocycles. The Bertz CT molecular complexity index is 797. The molecule has 0 aliphatic carbocycles. The van der Waals surface area contributed by atoms with Gasteiger partial charge in [-0.15, -0.1) is 0 Å². The number of nitrogens with one attached hydrogen (secondary N) is 2. The molecule has 0 radical (unpaired) electrons. The van der Waals surface area contributed by atoms with Crippen LogP contribution in [0.4, 0.5) is 0 Å². The maximum absolute atomic E-state index is 12.6. The molecule has 0 spiro atoms. The minimum Gasteiger partial charge on any atom is -0.497 e. The highest BCUT2D eigenvalue weighted by molar-refractivity contribution is 5.93. The number of amides is 4. The van der Waals surface area contributed by atoms with Crippen LogP contribution >= 0.6 is 0 Å². The van der Waals surface area contributed by atoms with Gasteiger partial charge in [-0.1, -0.05) is 12.1 Å². The van der Waals surface area contributed by atoms with Crippen molar-refractivity contribution in [3.05, 3.63) is 29.8 Å². The van der Waals surface area contributed by atoms with Crippen LogP contribution in [-0.2, 0) is 25.7 Å². The Labute approximate surface area is 176 Å². The second kappa shape index (κ2) is 10.6. The van der Waals surface area contributed by atoms with Crippen LogP contribution in [0.3, 0.4) is 0 Å². The van der Waals surface area contributed by atoms with Gasteiger partial charge in [0.15, 0.2) is 0 Å². The molecule has 0 aromatic heterocycles. The van der Waals surface area contributed by atoms with Crippen LogP contribution in [0.2, 0.25) is 0 Å². The lowest BCUT2D eigenvalue weighted by atomic mass is 10.2. The van der Waals surface area contributed by atoms with Gasteiger partial charge in [0.25, 0.3) is 0 Å². The topological polar surface area (TPSA) is 108 Å². The Balaban J connectivity index is 1.88. The quantitative estimate of drug-likeness (QED) is 0.631. The monoisotopic (exact) mass is 418 g/mol. The number of likely N-dealkylation sites (N-methyl/N-ethyl adjacent to an activating group) is 1. The van der Waals surface area contributed by atoms with E-state index in [9.17, 15) is 19.2 Å². The molecule has 2 unspecified atom stereocenters. The first-order valence-electron chi connectivity index (χ1n) is 9.95. The highest BCUT2D eigenvalue weighted by Gasteiger charge is 2.36. The molecule has 30 heavy (non-hydrogen) atoms. The van der Waals surface area contributed by atoms with Crippen LogP contribution in [-0.4, -0.2) is 72.8 Å². The summed E-state index contributed by atoms with van der Waals surface area (Å²) in [7, 11) is 3.24. The lowest BCUT2D eigenvalue weighted by molar-refractivity contribution is -0.141. The number of benzene rings is 1. The van der Waals surface area contributed by atoms with Gasteiger partial charge >= 0.3 is 0 Å². The van der Waals surface area contributed by atoms with Crippen molar-refractivity contribution in [1.29, 1.82) is 0 Å². The third-order valence-corrected chi connectivity index (χ3v) is 5.02. The summed E-state index contributed by atoms with van der Waals surface area (Å²) >= 11 is 0. The maximum atomic E-state index is 12.6. The Morgan fingerprint density at radius 3 is 2.70 bits per heavy atom. The number of likely N-dealkylation sites (tertiary alicyclic amines) is 1. The zero-order valence-electron chi connectivity index (χ0n) is 17.9. The maximum Gasteiger partial charge on any atom is 0.245 e. The van der Waals surface area contributed by atoms with Crippen LogP contribution < -0.4 is 15.4 Å². The summed E-state index contributed by atoms with van der Waals surface area (Å²) in [6.45, 7) is 3.61. The number of hydrogen-bond donors (Lipinski definition) is 2. The number of carbonyl (C=O) groups is 4. The van der Waals surface area contributed by atoms with Crippen LogP contribution in [0.15, 0.2) is 24.3 Å². The van der Waals surface area contributed by atoms with E-state index in [0.717, 1.165) is 5.56 Å². The molecule has 9 nitrogen and oxygen atoms in total. The minimum absolute atomic E-state index is 0.154. The molecule has 1 heterocycles. The van der Waals surface area contributed by atoms with Crippen molar-refractivity contribution in [2.24, 2.45) is 0 Å². The van der Waals surface area contributed by atoms with Gasteiger partial charge in [-0.25, -0.2) is 0 Å². The molecule has 1 aromatic rings. The molecule has 9 heteroatoms. The molecule has 2 atom stereocenters. The van der Waals surface area contributed by atoms with Gasteiger partial charge in [0.2, 0.25) is 23.6 Å². The standard InChI is InChI=1S/C21H30N4O5/c1-14(23-15(2)26)21(29)25-10-6-9-18(25)20(28)22-12-19(27)24(3)13-16-7-5-8-17(11-16)30-4/h5,7-8,11,14,18H,6,9-10,12-13H2,1-4H3,(H,22,28)(H,23,26). The van der Waals surface area contributed by atoms with E-state index >= 15 is 0 Å². The number of rotatable bonds is 8. The van der Waals surface area contributed by atoms with Crippen molar-refractivity contribution in [2.75, 3.05) is 27.2 Å². The van der Waals surface area contributed by atoms with Crippen molar-refractivity contribution in [3.63, 3.8) is 0 Å². The molecular formula is C21H30N4O5. The molecule has 164 valence electrons. The van der Waals surface area contributed by atoms with E-state index in [1.165, 1.54) is 16.7 Å². The van der Waals surface area contributed by atoms with E-state index in [1.807, 2.05) is 24.3 Å². The van der Waals surface area contributed by atoms with Crippen molar-refractivity contribution in [2.45, 2.75) is 45.3 Å². The first kappa shape index (κ1) is 23.2. The zero-order chi connectivity index (χ0) is 22.3. The minimum atomic E-state index is -0.702. The zero-order valence-corrected chi connectivity index (χ0v) is 17.9. The third kappa shape index (κ3) is 6.20. The van der Waals surface area contributed by atoms with Gasteiger partial charge in [-0.3, -0.25) is 19.2 Å². The molecule has 0 bridgehead atoms. The van der Waals surface area contributed by atoms with Gasteiger partial charge in [0.1, 0.15) is 17.8 Å². The summed E-state index contributed by atoms with van der Waals surface area (Å²) in [5.74, 6) is -0.501. The van der Waals surface area contributed by atoms with Crippen LogP contribution in [0.5, 0.6) is 5.75 Å². The lowest BCUT2D eigenvalue weighted by Gasteiger charge is -2.27. The fraction of sp³-hybridized carbons (Fsp3) is 0.524. The molecule has 2 N–H and O–H groups in total. The Morgan fingerprint density at radius 1 is 1.30 bits per heavy atom. The number of carbonyl (C=O) groups excluding carboxylic acids is 4. The number of methoxy groups -OCH3 is 1. The van der Waals surface area contributed by atoms with Crippen LogP contribution in [0.25, 0.3) is 0 Å². The summed E-state index contributed by atoms with van der Waals surface area (Å²) in [6.07, 6.45) is 1.22. The predicted octanol–water partition coefficient (Wildman–Crippen LogP) is 0.285. The number of hydrogen-bond acceptors (Lipinski definition) is 5. The Morgan fingerprint density at radius 2 is 2.03 bits per heavy atom. The first-order valence-corrected chi connectivity index (χ1v) is 9.95. The van der Waals surface area contributed by atoms with E-state index in [-0.39, 0.29) is 30.2 Å². The highest BCUT2D eigenvalue weighted by atomic mass is 16.5. The Hall–Kier alpha value is -3.10. The molecule has 1 aliphatic rings. The van der Waals surface area contributed by atoms with Crippen LogP contribution in [0.1, 0.15) is 32.3 Å². The molecular weight excluding hydrogens is 388 g/mol. The van der Waals surface area contributed by atoms with Gasteiger partial charge in [0, 0.05) is 27.1 Å². The summed E-state index contributed by atoms with van der Waals surface area (Å²) in [5.41, 5.74) is 0.913. The number of ether oxygens (including phenoxy) is 1. The SMILES string of the molecule is COc1cccc(CN(C)C(=O)CNC(=O)C2CCCN2C(=O)C(C)NC(C)=O)c1. The molecule has 1 aromatic carbocycles. The number of nitrogens with zero attached hydrogens (tertiary/aromatic N) is 2. The highest BCUT2D eigenvalue weighted by Crippen LogP contribution is 2.18. The molecule has 1 aliphatic heterocycles. The second-order valence-electron chi connectivity index (χ2n) is 7.43. The average Bonchev–Trinajstić information content (AvgIpc) is 3.20. The smallest absolute Gasteiger partial charge is 0.245 e. The van der Waals surface area contributed by atoms with Crippen molar-refractivity contribution < 1.29 is 23.9 Å². The van der Waals surface area contributed by atoms with E-state index in [4.69, 9.17) is 4.74 Å². The second-order valence-corrected chi connectivity index (χ2v) is 7.43. The molecule has 2 rings (SSSR count). The van der Waals surface area contributed by atoms with Gasteiger partial charge in [0.05, 0.1) is 13.7 Å². The van der Waals surface area contributed by atoms with Crippen molar-refractivity contribution in [1.82, 2.24) is 20.4 Å². The summed E-state index contributed by atoms with van der Waals surface area (Å²) in [4.78, 5) is 51.7.